The third-order valence-electron chi connectivity index (χ3n) is 2.00. The molecule has 0 aliphatic heterocycles. The molecule has 0 atom stereocenters. The molecule has 0 spiro atoms. The van der Waals surface area contributed by atoms with Gasteiger partial charge in [-0.25, -0.2) is 4.98 Å². The Morgan fingerprint density at radius 3 is 2.94 bits per heavy atom. The minimum Gasteiger partial charge on any atom is -0.327 e. The van der Waals surface area contributed by atoms with E-state index in [1.165, 1.54) is 17.4 Å². The van der Waals surface area contributed by atoms with Gasteiger partial charge in [0, 0.05) is 30.1 Å². The molecule has 0 aliphatic rings. The van der Waals surface area contributed by atoms with Crippen LogP contribution in [-0.2, 0) is 11.8 Å². The van der Waals surface area contributed by atoms with Gasteiger partial charge >= 0.3 is 0 Å². The maximum absolute atomic E-state index is 11.6. The van der Waals surface area contributed by atoms with Crippen molar-refractivity contribution >= 4 is 34.7 Å². The smallest absolute Gasteiger partial charge is 0.272 e. The molecule has 0 N–H and O–H groups in total. The summed E-state index contributed by atoms with van der Waals surface area (Å²) in [5.74, 6) is -0.270. The fourth-order valence-corrected chi connectivity index (χ4v) is 2.50. The highest BCUT2D eigenvalue weighted by Crippen LogP contribution is 2.09. The summed E-state index contributed by atoms with van der Waals surface area (Å²) in [5, 5.41) is 4.78. The molecule has 0 saturated heterocycles. The number of aromatic nitrogens is 2. The van der Waals surface area contributed by atoms with Crippen LogP contribution < -0.4 is 4.80 Å². The molecular formula is C11H11N3OS2. The first-order valence-electron chi connectivity index (χ1n) is 4.94. The number of hydrogen-bond acceptors (Lipinski definition) is 4. The summed E-state index contributed by atoms with van der Waals surface area (Å²) in [6.45, 7) is 1.93. The lowest BCUT2D eigenvalue weighted by atomic mass is 10.4. The van der Waals surface area contributed by atoms with Crippen LogP contribution in [0.15, 0.2) is 28.0 Å². The molecule has 2 rings (SSSR count). The first-order chi connectivity index (χ1) is 8.15. The van der Waals surface area contributed by atoms with E-state index in [2.05, 4.69) is 9.98 Å². The van der Waals surface area contributed by atoms with E-state index >= 15 is 0 Å². The van der Waals surface area contributed by atoms with Crippen molar-refractivity contribution in [2.24, 2.45) is 12.0 Å². The van der Waals surface area contributed by atoms with Crippen LogP contribution in [0.3, 0.4) is 0 Å². The Hall–Kier alpha value is -1.53. The molecule has 0 fully saturated rings. The van der Waals surface area contributed by atoms with E-state index in [9.17, 15) is 4.79 Å². The molecule has 0 aliphatic carbocycles. The van der Waals surface area contributed by atoms with Crippen molar-refractivity contribution in [3.05, 3.63) is 38.5 Å². The Bertz CT molecular complexity index is 618. The van der Waals surface area contributed by atoms with Crippen molar-refractivity contribution < 1.29 is 4.79 Å². The average Bonchev–Trinajstić information content (AvgIpc) is 2.86. The second kappa shape index (κ2) is 5.20. The zero-order chi connectivity index (χ0) is 12.3. The molecule has 0 saturated carbocycles. The molecule has 1 amide bonds. The first-order valence-corrected chi connectivity index (χ1v) is 6.70. The van der Waals surface area contributed by atoms with E-state index in [-0.39, 0.29) is 5.91 Å². The molecule has 88 valence electrons. The van der Waals surface area contributed by atoms with Gasteiger partial charge in [0.05, 0.1) is 10.7 Å². The zero-order valence-electron chi connectivity index (χ0n) is 9.45. The summed E-state index contributed by atoms with van der Waals surface area (Å²) in [5.41, 5.74) is 0.798. The lowest BCUT2D eigenvalue weighted by Crippen LogP contribution is -2.11. The average molecular weight is 265 g/mol. The highest BCUT2D eigenvalue weighted by atomic mass is 32.1. The number of thiazole rings is 2. The second-order valence-electron chi connectivity index (χ2n) is 3.37. The van der Waals surface area contributed by atoms with Crippen LogP contribution in [0.1, 0.15) is 10.7 Å². The van der Waals surface area contributed by atoms with Crippen molar-refractivity contribution in [1.29, 1.82) is 0 Å². The third kappa shape index (κ3) is 3.21. The van der Waals surface area contributed by atoms with Crippen LogP contribution in [0.2, 0.25) is 0 Å². The van der Waals surface area contributed by atoms with Gasteiger partial charge in [-0.05, 0) is 13.0 Å². The number of amides is 1. The van der Waals surface area contributed by atoms with Crippen LogP contribution in [0.5, 0.6) is 0 Å². The molecule has 2 aromatic rings. The fourth-order valence-electron chi connectivity index (χ4n) is 1.18. The van der Waals surface area contributed by atoms with Crippen molar-refractivity contribution in [2.45, 2.75) is 6.92 Å². The highest BCUT2D eigenvalue weighted by Gasteiger charge is 1.96. The largest absolute Gasteiger partial charge is 0.327 e. The van der Waals surface area contributed by atoms with E-state index in [0.717, 1.165) is 10.7 Å². The summed E-state index contributed by atoms with van der Waals surface area (Å²) >= 11 is 2.99. The van der Waals surface area contributed by atoms with Gasteiger partial charge in [-0.2, -0.15) is 4.99 Å². The van der Waals surface area contributed by atoms with Crippen molar-refractivity contribution in [3.63, 3.8) is 0 Å². The minimum atomic E-state index is -0.270. The van der Waals surface area contributed by atoms with Crippen LogP contribution in [0.25, 0.3) is 6.08 Å². The predicted octanol–water partition coefficient (Wildman–Crippen LogP) is 1.99. The van der Waals surface area contributed by atoms with Gasteiger partial charge in [0.1, 0.15) is 0 Å². The second-order valence-corrected chi connectivity index (χ2v) is 5.31. The van der Waals surface area contributed by atoms with Crippen molar-refractivity contribution in [1.82, 2.24) is 9.55 Å². The summed E-state index contributed by atoms with van der Waals surface area (Å²) in [4.78, 5) is 20.5. The van der Waals surface area contributed by atoms with Crippen LogP contribution in [0.4, 0.5) is 0 Å². The lowest BCUT2D eigenvalue weighted by molar-refractivity contribution is -0.113. The molecular weight excluding hydrogens is 254 g/mol. The Labute approximate surface area is 107 Å². The maximum atomic E-state index is 11.6. The van der Waals surface area contributed by atoms with Gasteiger partial charge in [0.25, 0.3) is 5.91 Å². The topological polar surface area (TPSA) is 47.2 Å². The quantitative estimate of drug-likeness (QED) is 0.780. The normalized spacial score (nSPS) is 12.5. The molecule has 0 radical (unpaired) electrons. The SMILES string of the molecule is Cc1nc(/C=C/C(=O)N=c2sccn2C)cs1. The highest BCUT2D eigenvalue weighted by molar-refractivity contribution is 7.09. The monoisotopic (exact) mass is 265 g/mol. The van der Waals surface area contributed by atoms with E-state index in [4.69, 9.17) is 0 Å². The minimum absolute atomic E-state index is 0.270. The molecule has 0 bridgehead atoms. The van der Waals surface area contributed by atoms with Gasteiger partial charge in [-0.15, -0.1) is 22.7 Å². The van der Waals surface area contributed by atoms with Crippen molar-refractivity contribution in [3.8, 4) is 0 Å². The zero-order valence-corrected chi connectivity index (χ0v) is 11.1. The molecule has 2 heterocycles. The number of rotatable bonds is 2. The number of aryl methyl sites for hydroxylation is 2. The summed E-state index contributed by atoms with van der Waals surface area (Å²) in [7, 11) is 1.86. The van der Waals surface area contributed by atoms with Gasteiger partial charge in [0.15, 0.2) is 4.80 Å². The van der Waals surface area contributed by atoms with Gasteiger partial charge in [-0.1, -0.05) is 0 Å². The number of nitrogens with zero attached hydrogens (tertiary/aromatic N) is 3. The van der Waals surface area contributed by atoms with Gasteiger partial charge < -0.3 is 4.57 Å². The number of carbonyl (C=O) groups is 1. The molecule has 0 unspecified atom stereocenters. The van der Waals surface area contributed by atoms with E-state index in [0.29, 0.717) is 4.80 Å². The van der Waals surface area contributed by atoms with Crippen molar-refractivity contribution in [2.75, 3.05) is 0 Å². The van der Waals surface area contributed by atoms with Crippen LogP contribution in [0, 0.1) is 6.92 Å². The summed E-state index contributed by atoms with van der Waals surface area (Å²) in [6.07, 6.45) is 4.99. The molecule has 2 aromatic heterocycles. The van der Waals surface area contributed by atoms with E-state index < -0.39 is 0 Å². The lowest BCUT2D eigenvalue weighted by Gasteiger charge is -1.87. The molecule has 17 heavy (non-hydrogen) atoms. The molecule has 0 aromatic carbocycles. The Morgan fingerprint density at radius 2 is 2.35 bits per heavy atom. The van der Waals surface area contributed by atoms with E-state index in [1.54, 1.807) is 17.4 Å². The predicted molar refractivity (Wildman–Crippen MR) is 69.7 cm³/mol. The molecule has 6 heteroatoms. The third-order valence-corrected chi connectivity index (χ3v) is 3.64. The van der Waals surface area contributed by atoms with Crippen LogP contribution in [-0.4, -0.2) is 15.5 Å². The van der Waals surface area contributed by atoms with Gasteiger partial charge in [-0.3, -0.25) is 4.79 Å². The standard InChI is InChI=1S/C11H11N3OS2/c1-8-12-9(7-17-8)3-4-10(15)13-11-14(2)5-6-16-11/h3-7H,1-2H3/b4-3+,13-11?. The molecule has 4 nitrogen and oxygen atoms in total. The van der Waals surface area contributed by atoms with Gasteiger partial charge in [0.2, 0.25) is 0 Å². The Morgan fingerprint density at radius 1 is 1.53 bits per heavy atom. The fraction of sp³-hybridized carbons (Fsp3) is 0.182. The summed E-state index contributed by atoms with van der Waals surface area (Å²) in [6, 6.07) is 0. The van der Waals surface area contributed by atoms with E-state index in [1.807, 2.05) is 35.5 Å². The Balaban J connectivity index is 2.13. The maximum Gasteiger partial charge on any atom is 0.272 e. The Kier molecular flexibility index (Phi) is 3.65. The number of carbonyl (C=O) groups excluding carboxylic acids is 1. The summed E-state index contributed by atoms with van der Waals surface area (Å²) < 4.78 is 1.81. The first kappa shape index (κ1) is 11.9. The van der Waals surface area contributed by atoms with Crippen LogP contribution >= 0.6 is 22.7 Å². The number of hydrogen-bond donors (Lipinski definition) is 0.